The van der Waals surface area contributed by atoms with E-state index in [1.807, 2.05) is 37.8 Å². The summed E-state index contributed by atoms with van der Waals surface area (Å²) in [4.78, 5) is 14.3. The maximum absolute atomic E-state index is 12.4. The molecule has 1 amide bonds. The standard InChI is InChI=1S/C19H25Cl2NO2/c1-5-18-11-19(18,13-6-7-14(20)15(21)10-13)8-9-22(12-18)16(23)24-17(2,3)4/h6-7,10H,5,8-9,11-12H2,1-4H3/t18-,19?/m1/s1. The minimum Gasteiger partial charge on any atom is -0.444 e. The Bertz CT molecular complexity index is 670. The summed E-state index contributed by atoms with van der Waals surface area (Å²) >= 11 is 12.3. The van der Waals surface area contributed by atoms with Crippen LogP contribution in [0, 0.1) is 5.41 Å². The molecule has 1 aromatic carbocycles. The van der Waals surface area contributed by atoms with Crippen LogP contribution in [0.4, 0.5) is 4.79 Å². The monoisotopic (exact) mass is 369 g/mol. The summed E-state index contributed by atoms with van der Waals surface area (Å²) in [5, 5.41) is 1.20. The van der Waals surface area contributed by atoms with Crippen LogP contribution in [0.2, 0.25) is 10.0 Å². The quantitative estimate of drug-likeness (QED) is 0.671. The zero-order chi connectivity index (χ0) is 17.8. The molecule has 1 aliphatic heterocycles. The number of piperidine rings is 1. The van der Waals surface area contributed by atoms with Crippen LogP contribution < -0.4 is 0 Å². The fourth-order valence-electron chi connectivity index (χ4n) is 4.27. The topological polar surface area (TPSA) is 29.5 Å². The van der Waals surface area contributed by atoms with Gasteiger partial charge in [-0.3, -0.25) is 0 Å². The van der Waals surface area contributed by atoms with E-state index in [0.717, 1.165) is 32.4 Å². The molecule has 1 unspecified atom stereocenters. The number of amides is 1. The third kappa shape index (κ3) is 2.90. The molecule has 1 heterocycles. The summed E-state index contributed by atoms with van der Waals surface area (Å²) < 4.78 is 5.56. The predicted octanol–water partition coefficient (Wildman–Crippen LogP) is 5.67. The van der Waals surface area contributed by atoms with Crippen molar-refractivity contribution in [3.63, 3.8) is 0 Å². The van der Waals surface area contributed by atoms with Crippen LogP contribution in [-0.2, 0) is 10.2 Å². The first-order chi connectivity index (χ1) is 11.1. The number of benzene rings is 1. The molecule has 1 aliphatic carbocycles. The molecule has 2 atom stereocenters. The largest absolute Gasteiger partial charge is 0.444 e. The van der Waals surface area contributed by atoms with E-state index in [0.29, 0.717) is 10.0 Å². The second kappa shape index (κ2) is 5.81. The lowest BCUT2D eigenvalue weighted by molar-refractivity contribution is 0.0136. The highest BCUT2D eigenvalue weighted by Gasteiger charge is 2.69. The molecule has 0 spiro atoms. The molecule has 132 valence electrons. The normalized spacial score (nSPS) is 29.2. The van der Waals surface area contributed by atoms with E-state index in [-0.39, 0.29) is 16.9 Å². The van der Waals surface area contributed by atoms with Gasteiger partial charge in [-0.25, -0.2) is 4.79 Å². The molecule has 3 nitrogen and oxygen atoms in total. The van der Waals surface area contributed by atoms with Gasteiger partial charge in [-0.05, 0) is 63.1 Å². The molecule has 0 aromatic heterocycles. The smallest absolute Gasteiger partial charge is 0.410 e. The fourth-order valence-corrected chi connectivity index (χ4v) is 4.57. The summed E-state index contributed by atoms with van der Waals surface area (Å²) in [5.74, 6) is 0. The molecule has 2 aliphatic rings. The highest BCUT2D eigenvalue weighted by Crippen LogP contribution is 2.70. The summed E-state index contributed by atoms with van der Waals surface area (Å²) in [6.07, 6.45) is 2.86. The van der Waals surface area contributed by atoms with Crippen molar-refractivity contribution < 1.29 is 9.53 Å². The molecule has 3 rings (SSSR count). The van der Waals surface area contributed by atoms with E-state index in [9.17, 15) is 4.79 Å². The van der Waals surface area contributed by atoms with E-state index in [4.69, 9.17) is 27.9 Å². The van der Waals surface area contributed by atoms with Crippen LogP contribution in [0.1, 0.15) is 52.5 Å². The summed E-state index contributed by atoms with van der Waals surface area (Å²) in [5.41, 5.74) is 1.04. The van der Waals surface area contributed by atoms with E-state index < -0.39 is 5.60 Å². The molecule has 1 saturated heterocycles. The average molecular weight is 370 g/mol. The lowest BCUT2D eigenvalue weighted by Crippen LogP contribution is -2.46. The zero-order valence-corrected chi connectivity index (χ0v) is 16.3. The van der Waals surface area contributed by atoms with Crippen molar-refractivity contribution in [2.24, 2.45) is 5.41 Å². The zero-order valence-electron chi connectivity index (χ0n) is 14.8. The van der Waals surface area contributed by atoms with Gasteiger partial charge in [-0.15, -0.1) is 0 Å². The van der Waals surface area contributed by atoms with E-state index >= 15 is 0 Å². The lowest BCUT2D eigenvalue weighted by atomic mass is 9.79. The second-order valence-electron chi connectivity index (χ2n) is 8.17. The van der Waals surface area contributed by atoms with E-state index in [1.54, 1.807) is 0 Å². The van der Waals surface area contributed by atoms with Crippen molar-refractivity contribution in [1.82, 2.24) is 4.90 Å². The SMILES string of the molecule is CC[C@@]12CN(C(=O)OC(C)(C)C)CCC1(c1ccc(Cl)c(Cl)c1)C2. The van der Waals surface area contributed by atoms with Crippen molar-refractivity contribution in [2.45, 2.75) is 58.0 Å². The number of carbonyl (C=O) groups is 1. The number of fused-ring (bicyclic) bond motifs is 1. The van der Waals surface area contributed by atoms with Gasteiger partial charge in [0.2, 0.25) is 0 Å². The van der Waals surface area contributed by atoms with Gasteiger partial charge in [-0.1, -0.05) is 36.2 Å². The van der Waals surface area contributed by atoms with Crippen molar-refractivity contribution in [3.8, 4) is 0 Å². The first-order valence-electron chi connectivity index (χ1n) is 8.56. The third-order valence-electron chi connectivity index (χ3n) is 5.63. The second-order valence-corrected chi connectivity index (χ2v) is 8.99. The van der Waals surface area contributed by atoms with Crippen molar-refractivity contribution in [1.29, 1.82) is 0 Å². The summed E-state index contributed by atoms with van der Waals surface area (Å²) in [6, 6.07) is 5.98. The Morgan fingerprint density at radius 1 is 1.29 bits per heavy atom. The first kappa shape index (κ1) is 17.9. The van der Waals surface area contributed by atoms with Crippen LogP contribution in [0.15, 0.2) is 18.2 Å². The number of nitrogens with zero attached hydrogens (tertiary/aromatic N) is 1. The molecule has 0 radical (unpaired) electrons. The van der Waals surface area contributed by atoms with Crippen LogP contribution in [0.5, 0.6) is 0 Å². The Morgan fingerprint density at radius 3 is 2.58 bits per heavy atom. The van der Waals surface area contributed by atoms with Gasteiger partial charge in [0.25, 0.3) is 0 Å². The van der Waals surface area contributed by atoms with Gasteiger partial charge >= 0.3 is 6.09 Å². The van der Waals surface area contributed by atoms with Crippen molar-refractivity contribution >= 4 is 29.3 Å². The number of carbonyl (C=O) groups excluding carboxylic acids is 1. The Kier molecular flexibility index (Phi) is 4.33. The molecule has 1 saturated carbocycles. The maximum Gasteiger partial charge on any atom is 0.410 e. The highest BCUT2D eigenvalue weighted by atomic mass is 35.5. The number of likely N-dealkylation sites (tertiary alicyclic amines) is 1. The van der Waals surface area contributed by atoms with E-state index in [2.05, 4.69) is 13.0 Å². The van der Waals surface area contributed by atoms with Gasteiger partial charge in [-0.2, -0.15) is 0 Å². The molecule has 2 fully saturated rings. The number of hydrogen-bond acceptors (Lipinski definition) is 2. The van der Waals surface area contributed by atoms with Gasteiger partial charge in [0.1, 0.15) is 5.60 Å². The minimum atomic E-state index is -0.460. The number of hydrogen-bond donors (Lipinski definition) is 0. The maximum atomic E-state index is 12.4. The fraction of sp³-hybridized carbons (Fsp3) is 0.632. The summed E-state index contributed by atoms with van der Waals surface area (Å²) in [6.45, 7) is 9.39. The third-order valence-corrected chi connectivity index (χ3v) is 6.37. The Balaban J connectivity index is 1.81. The molecule has 0 bridgehead atoms. The highest BCUT2D eigenvalue weighted by molar-refractivity contribution is 6.42. The Morgan fingerprint density at radius 2 is 2.00 bits per heavy atom. The minimum absolute atomic E-state index is 0.120. The van der Waals surface area contributed by atoms with Crippen LogP contribution >= 0.6 is 23.2 Å². The number of ether oxygens (including phenoxy) is 1. The van der Waals surface area contributed by atoms with Gasteiger partial charge in [0.15, 0.2) is 0 Å². The molecular formula is C19H25Cl2NO2. The molecule has 24 heavy (non-hydrogen) atoms. The van der Waals surface area contributed by atoms with E-state index in [1.165, 1.54) is 5.56 Å². The lowest BCUT2D eigenvalue weighted by Gasteiger charge is -2.38. The summed E-state index contributed by atoms with van der Waals surface area (Å²) in [7, 11) is 0. The predicted molar refractivity (Wildman–Crippen MR) is 97.9 cm³/mol. The Labute approximate surface area is 154 Å². The van der Waals surface area contributed by atoms with Gasteiger partial charge in [0, 0.05) is 18.5 Å². The first-order valence-corrected chi connectivity index (χ1v) is 9.32. The molecule has 0 N–H and O–H groups in total. The van der Waals surface area contributed by atoms with Crippen LogP contribution in [0.3, 0.4) is 0 Å². The van der Waals surface area contributed by atoms with Crippen molar-refractivity contribution in [2.75, 3.05) is 13.1 Å². The molecule has 5 heteroatoms. The number of halogens is 2. The van der Waals surface area contributed by atoms with Gasteiger partial charge in [0.05, 0.1) is 10.0 Å². The van der Waals surface area contributed by atoms with Crippen molar-refractivity contribution in [3.05, 3.63) is 33.8 Å². The Hall–Kier alpha value is -0.930. The van der Waals surface area contributed by atoms with Gasteiger partial charge < -0.3 is 9.64 Å². The van der Waals surface area contributed by atoms with Crippen LogP contribution in [-0.4, -0.2) is 29.7 Å². The molecule has 1 aromatic rings. The van der Waals surface area contributed by atoms with Crippen LogP contribution in [0.25, 0.3) is 0 Å². The molecular weight excluding hydrogens is 345 g/mol. The number of rotatable bonds is 2. The average Bonchev–Trinajstić information content (AvgIpc) is 3.18.